The molecule has 0 spiro atoms. The molecule has 5 nitrogen and oxygen atoms in total. The molecule has 3 rings (SSSR count). The van der Waals surface area contributed by atoms with Gasteiger partial charge in [-0.25, -0.2) is 0 Å². The molecule has 1 atom stereocenters. The van der Waals surface area contributed by atoms with Crippen LogP contribution in [0.5, 0.6) is 11.5 Å². The van der Waals surface area contributed by atoms with Crippen LogP contribution < -0.4 is 0 Å². The van der Waals surface area contributed by atoms with Gasteiger partial charge in [-0.15, -0.1) is 0 Å². The highest BCUT2D eigenvalue weighted by Gasteiger charge is 2.50. The number of halogens is 4. The lowest BCUT2D eigenvalue weighted by atomic mass is 9.83. The van der Waals surface area contributed by atoms with E-state index in [4.69, 9.17) is 46.4 Å². The molecule has 3 aromatic carbocycles. The van der Waals surface area contributed by atoms with Crippen LogP contribution in [0.1, 0.15) is 16.7 Å². The fraction of sp³-hybridized carbons (Fsp3) is 0.0526. The van der Waals surface area contributed by atoms with Gasteiger partial charge in [0.1, 0.15) is 0 Å². The van der Waals surface area contributed by atoms with Gasteiger partial charge in [-0.05, 0) is 47.5 Å². The van der Waals surface area contributed by atoms with Crippen LogP contribution in [0.2, 0.25) is 20.1 Å². The number of benzene rings is 3. The van der Waals surface area contributed by atoms with Crippen molar-refractivity contribution >= 4 is 56.5 Å². The minimum atomic E-state index is -5.02. The van der Waals surface area contributed by atoms with Crippen molar-refractivity contribution in [2.75, 3.05) is 0 Å². The van der Waals surface area contributed by atoms with E-state index in [0.29, 0.717) is 5.02 Å². The van der Waals surface area contributed by atoms with Gasteiger partial charge in [-0.1, -0.05) is 64.6 Å². The molecule has 0 fully saturated rings. The van der Waals surface area contributed by atoms with Gasteiger partial charge in [0.25, 0.3) is 10.1 Å². The van der Waals surface area contributed by atoms with E-state index >= 15 is 0 Å². The van der Waals surface area contributed by atoms with Gasteiger partial charge in [-0.2, -0.15) is 8.42 Å². The summed E-state index contributed by atoms with van der Waals surface area (Å²) in [5.74, 6) is -1.09. The lowest BCUT2D eigenvalue weighted by Crippen LogP contribution is -2.38. The number of phenols is 2. The summed E-state index contributed by atoms with van der Waals surface area (Å²) in [6.45, 7) is 0. The minimum absolute atomic E-state index is 0.0424. The molecule has 0 amide bonds. The quantitative estimate of drug-likeness (QED) is 0.182. The van der Waals surface area contributed by atoms with Crippen LogP contribution >= 0.6 is 46.4 Å². The van der Waals surface area contributed by atoms with E-state index in [9.17, 15) is 23.2 Å². The normalized spacial score (nSPS) is 13.8. The van der Waals surface area contributed by atoms with E-state index in [1.165, 1.54) is 42.5 Å². The Morgan fingerprint density at radius 2 is 1.31 bits per heavy atom. The predicted octanol–water partition coefficient (Wildman–Crippen LogP) is 5.89. The number of aromatic hydroxyl groups is 2. The van der Waals surface area contributed by atoms with Crippen molar-refractivity contribution in [1.29, 1.82) is 0 Å². The summed E-state index contributed by atoms with van der Waals surface area (Å²) in [5.41, 5.74) is -0.209. The summed E-state index contributed by atoms with van der Waals surface area (Å²) in [5, 5.41) is 19.9. The molecule has 10 heteroatoms. The van der Waals surface area contributed by atoms with Crippen LogP contribution in [0.25, 0.3) is 0 Å². The van der Waals surface area contributed by atoms with Crippen molar-refractivity contribution in [3.63, 3.8) is 0 Å². The molecule has 0 aliphatic carbocycles. The van der Waals surface area contributed by atoms with E-state index in [2.05, 4.69) is 0 Å². The van der Waals surface area contributed by atoms with Crippen molar-refractivity contribution in [1.82, 2.24) is 0 Å². The Morgan fingerprint density at radius 3 is 1.86 bits per heavy atom. The maximum Gasteiger partial charge on any atom is 0.283 e. The molecule has 3 aromatic rings. The van der Waals surface area contributed by atoms with E-state index in [1.54, 1.807) is 0 Å². The van der Waals surface area contributed by atoms with Crippen molar-refractivity contribution in [2.24, 2.45) is 0 Å². The predicted molar refractivity (Wildman–Crippen MR) is 114 cm³/mol. The van der Waals surface area contributed by atoms with Gasteiger partial charge in [0.2, 0.25) is 0 Å². The zero-order chi connectivity index (χ0) is 21.6. The zero-order valence-electron chi connectivity index (χ0n) is 14.3. The van der Waals surface area contributed by atoms with Crippen LogP contribution in [0.15, 0.2) is 54.6 Å². The van der Waals surface area contributed by atoms with Crippen molar-refractivity contribution < 1.29 is 23.2 Å². The topological polar surface area (TPSA) is 94.8 Å². The minimum Gasteiger partial charge on any atom is -0.504 e. The summed E-state index contributed by atoms with van der Waals surface area (Å²) >= 11 is 24.5. The lowest BCUT2D eigenvalue weighted by molar-refractivity contribution is 0.402. The van der Waals surface area contributed by atoms with Gasteiger partial charge in [0, 0.05) is 15.6 Å². The smallest absolute Gasteiger partial charge is 0.283 e. The lowest BCUT2D eigenvalue weighted by Gasteiger charge is -2.33. The van der Waals surface area contributed by atoms with Gasteiger partial charge in [0.15, 0.2) is 16.2 Å². The van der Waals surface area contributed by atoms with Crippen molar-refractivity contribution in [2.45, 2.75) is 4.75 Å². The third kappa shape index (κ3) is 3.77. The first-order chi connectivity index (χ1) is 13.5. The average Bonchev–Trinajstić information content (AvgIpc) is 2.62. The number of hydrogen-bond donors (Lipinski definition) is 3. The van der Waals surface area contributed by atoms with Gasteiger partial charge in [-0.3, -0.25) is 4.55 Å². The molecule has 152 valence electrons. The van der Waals surface area contributed by atoms with E-state index in [0.717, 1.165) is 12.1 Å². The number of phenolic OH excluding ortho intramolecular Hbond substituents is 2. The Bertz CT molecular complexity index is 1200. The van der Waals surface area contributed by atoms with E-state index in [1.807, 2.05) is 0 Å². The molecule has 0 radical (unpaired) electrons. The first kappa shape index (κ1) is 22.0. The molecule has 29 heavy (non-hydrogen) atoms. The Labute approximate surface area is 186 Å². The molecule has 0 bridgehead atoms. The molecule has 0 saturated carbocycles. The molecule has 0 aromatic heterocycles. The standard InChI is InChI=1S/C19H12Cl4O5S/c20-12-4-1-10(2-5-12)19(29(26,27)28,11-3-6-16(24)17(25)7-11)14-8-13(21)9-15(22)18(14)23/h1-9,24-25H,(H,26,27,28). The van der Waals surface area contributed by atoms with Crippen LogP contribution in [0.4, 0.5) is 0 Å². The van der Waals surface area contributed by atoms with Crippen molar-refractivity contribution in [3.05, 3.63) is 91.4 Å². The van der Waals surface area contributed by atoms with Crippen LogP contribution in [0, 0.1) is 0 Å². The summed E-state index contributed by atoms with van der Waals surface area (Å²) < 4.78 is 34.0. The second kappa shape index (κ2) is 7.87. The van der Waals surface area contributed by atoms with Crippen LogP contribution in [-0.2, 0) is 14.9 Å². The first-order valence-corrected chi connectivity index (χ1v) is 10.8. The van der Waals surface area contributed by atoms with E-state index < -0.39 is 26.4 Å². The highest BCUT2D eigenvalue weighted by Crippen LogP contribution is 2.50. The summed E-state index contributed by atoms with van der Waals surface area (Å²) in [6.07, 6.45) is 0. The van der Waals surface area contributed by atoms with Gasteiger partial charge < -0.3 is 10.2 Å². The van der Waals surface area contributed by atoms with Crippen molar-refractivity contribution in [3.8, 4) is 11.5 Å². The largest absolute Gasteiger partial charge is 0.504 e. The number of rotatable bonds is 4. The Morgan fingerprint density at radius 1 is 0.724 bits per heavy atom. The molecule has 3 N–H and O–H groups in total. The van der Waals surface area contributed by atoms with E-state index in [-0.39, 0.29) is 31.8 Å². The summed E-state index contributed by atoms with van der Waals surface area (Å²) in [4.78, 5) is 0. The zero-order valence-corrected chi connectivity index (χ0v) is 18.1. The fourth-order valence-corrected chi connectivity index (χ4v) is 5.38. The molecule has 0 aliphatic rings. The molecule has 1 unspecified atom stereocenters. The molecule has 0 saturated heterocycles. The monoisotopic (exact) mass is 492 g/mol. The highest BCUT2D eigenvalue weighted by atomic mass is 35.5. The SMILES string of the molecule is O=S(=O)(O)C(c1ccc(Cl)cc1)(c1ccc(O)c(O)c1)c1cc(Cl)cc(Cl)c1Cl. The molecular weight excluding hydrogens is 482 g/mol. The summed E-state index contributed by atoms with van der Waals surface area (Å²) in [7, 11) is -5.02. The Balaban J connectivity index is 2.58. The first-order valence-electron chi connectivity index (χ1n) is 7.89. The Hall–Kier alpha value is -1.67. The van der Waals surface area contributed by atoms with Gasteiger partial charge >= 0.3 is 0 Å². The second-order valence-electron chi connectivity index (χ2n) is 6.12. The second-order valence-corrected chi connectivity index (χ2v) is 9.34. The maximum absolute atomic E-state index is 12.9. The third-order valence-corrected chi connectivity index (χ3v) is 7.13. The molecular formula is C19H12Cl4O5S. The Kier molecular flexibility index (Phi) is 5.98. The third-order valence-electron chi connectivity index (χ3n) is 4.39. The van der Waals surface area contributed by atoms with Crippen LogP contribution in [-0.4, -0.2) is 23.2 Å². The highest BCUT2D eigenvalue weighted by molar-refractivity contribution is 7.87. The summed E-state index contributed by atoms with van der Waals surface area (Å²) in [6, 6.07) is 11.5. The average molecular weight is 494 g/mol. The maximum atomic E-state index is 12.9. The van der Waals surface area contributed by atoms with Crippen LogP contribution in [0.3, 0.4) is 0 Å². The molecule has 0 heterocycles. The number of hydrogen-bond acceptors (Lipinski definition) is 4. The van der Waals surface area contributed by atoms with Gasteiger partial charge in [0.05, 0.1) is 10.0 Å². The fourth-order valence-electron chi connectivity index (χ4n) is 3.15. The molecule has 0 aliphatic heterocycles.